The second-order valence-electron chi connectivity index (χ2n) is 9.01. The fourth-order valence-electron chi connectivity index (χ4n) is 4.59. The summed E-state index contributed by atoms with van der Waals surface area (Å²) in [6.07, 6.45) is 4.20. The number of hydrogen-bond donors (Lipinski definition) is 0. The van der Waals surface area contributed by atoms with Gasteiger partial charge in [-0.15, -0.1) is 0 Å². The molecular formula is C28H30N4O3. The number of aromatic nitrogens is 2. The first-order valence-corrected chi connectivity index (χ1v) is 12.2. The van der Waals surface area contributed by atoms with Gasteiger partial charge in [0.15, 0.2) is 0 Å². The third kappa shape index (κ3) is 5.61. The second-order valence-corrected chi connectivity index (χ2v) is 9.01. The molecule has 35 heavy (non-hydrogen) atoms. The number of hydrogen-bond acceptors (Lipinski definition) is 7. The highest BCUT2D eigenvalue weighted by molar-refractivity contribution is 5.64. The van der Waals surface area contributed by atoms with Crippen molar-refractivity contribution in [2.45, 2.75) is 32.3 Å². The Morgan fingerprint density at radius 2 is 1.83 bits per heavy atom. The number of nitriles is 1. The number of aryl methyl sites for hydroxylation is 1. The van der Waals surface area contributed by atoms with Crippen LogP contribution in [0.2, 0.25) is 0 Å². The van der Waals surface area contributed by atoms with Crippen LogP contribution >= 0.6 is 0 Å². The van der Waals surface area contributed by atoms with E-state index in [2.05, 4.69) is 41.1 Å². The van der Waals surface area contributed by atoms with E-state index in [4.69, 9.17) is 19.2 Å². The molecule has 0 N–H and O–H groups in total. The van der Waals surface area contributed by atoms with Crippen molar-refractivity contribution in [3.63, 3.8) is 0 Å². The van der Waals surface area contributed by atoms with Gasteiger partial charge in [0.25, 0.3) is 0 Å². The van der Waals surface area contributed by atoms with Crippen LogP contribution in [-0.4, -0.2) is 55.6 Å². The van der Waals surface area contributed by atoms with Crippen LogP contribution in [0.4, 0.5) is 5.69 Å². The zero-order chi connectivity index (χ0) is 24.0. The summed E-state index contributed by atoms with van der Waals surface area (Å²) in [5.41, 5.74) is 5.88. The monoisotopic (exact) mass is 470 g/mol. The van der Waals surface area contributed by atoms with Crippen molar-refractivity contribution in [1.29, 1.82) is 5.26 Å². The lowest BCUT2D eigenvalue weighted by Gasteiger charge is -2.30. The Labute approximate surface area is 206 Å². The van der Waals surface area contributed by atoms with Gasteiger partial charge in [-0.3, -0.25) is 0 Å². The summed E-state index contributed by atoms with van der Waals surface area (Å²) in [5.74, 6) is 1.37. The van der Waals surface area contributed by atoms with Crippen LogP contribution in [0.1, 0.15) is 35.4 Å². The van der Waals surface area contributed by atoms with Crippen molar-refractivity contribution in [1.82, 2.24) is 9.97 Å². The fraction of sp³-hybridized carbons (Fsp3) is 0.393. The van der Waals surface area contributed by atoms with Gasteiger partial charge in [-0.05, 0) is 48.4 Å². The molecule has 0 aliphatic carbocycles. The van der Waals surface area contributed by atoms with Crippen molar-refractivity contribution in [3.05, 3.63) is 71.2 Å². The highest BCUT2D eigenvalue weighted by Gasteiger charge is 2.18. The van der Waals surface area contributed by atoms with Crippen LogP contribution in [0.15, 0.2) is 48.7 Å². The van der Waals surface area contributed by atoms with Gasteiger partial charge in [0.2, 0.25) is 0 Å². The van der Waals surface area contributed by atoms with E-state index in [1.54, 1.807) is 6.20 Å². The quantitative estimate of drug-likeness (QED) is 0.531. The SMILES string of the molecule is Cc1ccc(Cc2nccc(-c3ccc(OC4CCOCC4)c(C#N)c3)n2)cc1N1CCOCC1. The number of benzene rings is 2. The van der Waals surface area contributed by atoms with Crippen molar-refractivity contribution in [2.75, 3.05) is 44.4 Å². The molecule has 3 heterocycles. The minimum absolute atomic E-state index is 0.0872. The number of rotatable bonds is 6. The molecule has 180 valence electrons. The maximum Gasteiger partial charge on any atom is 0.137 e. The molecule has 0 radical (unpaired) electrons. The molecule has 0 bridgehead atoms. The maximum absolute atomic E-state index is 9.73. The third-order valence-corrected chi connectivity index (χ3v) is 6.55. The zero-order valence-corrected chi connectivity index (χ0v) is 20.1. The molecule has 7 heteroatoms. The van der Waals surface area contributed by atoms with Crippen LogP contribution in [0, 0.1) is 18.3 Å². The summed E-state index contributed by atoms with van der Waals surface area (Å²) < 4.78 is 17.0. The van der Waals surface area contributed by atoms with Gasteiger partial charge < -0.3 is 19.1 Å². The van der Waals surface area contributed by atoms with Crippen LogP contribution in [0.3, 0.4) is 0 Å². The number of morpholine rings is 1. The van der Waals surface area contributed by atoms with E-state index in [1.165, 1.54) is 16.8 Å². The van der Waals surface area contributed by atoms with E-state index in [1.807, 2.05) is 24.3 Å². The lowest BCUT2D eigenvalue weighted by atomic mass is 10.0. The van der Waals surface area contributed by atoms with Crippen LogP contribution in [-0.2, 0) is 15.9 Å². The lowest BCUT2D eigenvalue weighted by molar-refractivity contribution is 0.0254. The summed E-state index contributed by atoms with van der Waals surface area (Å²) >= 11 is 0. The Morgan fingerprint density at radius 1 is 1.03 bits per heavy atom. The molecule has 2 fully saturated rings. The minimum Gasteiger partial charge on any atom is -0.489 e. The molecule has 0 saturated carbocycles. The standard InChI is InChI=1S/C28H30N4O3/c1-20-2-3-21(16-26(20)32-10-14-34-15-11-32)17-28-30-9-6-25(31-28)22-4-5-27(23(18-22)19-29)35-24-7-12-33-13-8-24/h2-6,9,16,18,24H,7-8,10-15,17H2,1H3. The Morgan fingerprint density at radius 3 is 2.63 bits per heavy atom. The Kier molecular flexibility index (Phi) is 7.22. The van der Waals surface area contributed by atoms with Gasteiger partial charge in [0.05, 0.1) is 37.7 Å². The van der Waals surface area contributed by atoms with E-state index in [0.717, 1.165) is 56.2 Å². The van der Waals surface area contributed by atoms with Gasteiger partial charge in [-0.25, -0.2) is 9.97 Å². The van der Waals surface area contributed by atoms with Gasteiger partial charge in [0, 0.05) is 49.8 Å². The van der Waals surface area contributed by atoms with E-state index in [9.17, 15) is 5.26 Å². The van der Waals surface area contributed by atoms with E-state index >= 15 is 0 Å². The fourth-order valence-corrected chi connectivity index (χ4v) is 4.59. The molecule has 7 nitrogen and oxygen atoms in total. The Bertz CT molecular complexity index is 1210. The Balaban J connectivity index is 1.34. The molecular weight excluding hydrogens is 440 g/mol. The highest BCUT2D eigenvalue weighted by Crippen LogP contribution is 2.28. The van der Waals surface area contributed by atoms with E-state index < -0.39 is 0 Å². The van der Waals surface area contributed by atoms with Crippen molar-refractivity contribution < 1.29 is 14.2 Å². The average Bonchev–Trinajstić information content (AvgIpc) is 2.91. The first-order valence-electron chi connectivity index (χ1n) is 12.2. The normalized spacial score (nSPS) is 16.6. The average molecular weight is 471 g/mol. The molecule has 0 spiro atoms. The van der Waals surface area contributed by atoms with Crippen molar-refractivity contribution in [3.8, 4) is 23.1 Å². The molecule has 5 rings (SSSR count). The van der Waals surface area contributed by atoms with Gasteiger partial charge in [-0.1, -0.05) is 12.1 Å². The van der Waals surface area contributed by atoms with Crippen LogP contribution in [0.5, 0.6) is 5.75 Å². The topological polar surface area (TPSA) is 80.5 Å². The lowest BCUT2D eigenvalue weighted by Crippen LogP contribution is -2.36. The van der Waals surface area contributed by atoms with Crippen LogP contribution in [0.25, 0.3) is 11.3 Å². The molecule has 0 amide bonds. The molecule has 1 aromatic heterocycles. The van der Waals surface area contributed by atoms with E-state index in [-0.39, 0.29) is 6.10 Å². The largest absolute Gasteiger partial charge is 0.489 e. The van der Waals surface area contributed by atoms with Gasteiger partial charge in [-0.2, -0.15) is 5.26 Å². The predicted molar refractivity (Wildman–Crippen MR) is 134 cm³/mol. The van der Waals surface area contributed by atoms with Crippen molar-refractivity contribution >= 4 is 5.69 Å². The minimum atomic E-state index is 0.0872. The number of anilines is 1. The molecule has 2 aliphatic rings. The summed E-state index contributed by atoms with van der Waals surface area (Å²) in [6.45, 7) is 6.88. The van der Waals surface area contributed by atoms with Crippen LogP contribution < -0.4 is 9.64 Å². The summed E-state index contributed by atoms with van der Waals surface area (Å²) in [5, 5.41) is 9.73. The predicted octanol–water partition coefficient (Wildman–Crippen LogP) is 4.31. The van der Waals surface area contributed by atoms with Gasteiger partial charge >= 0.3 is 0 Å². The highest BCUT2D eigenvalue weighted by atomic mass is 16.5. The molecule has 2 saturated heterocycles. The molecule has 2 aromatic carbocycles. The summed E-state index contributed by atoms with van der Waals surface area (Å²) in [6, 6.07) is 16.4. The smallest absolute Gasteiger partial charge is 0.137 e. The zero-order valence-electron chi connectivity index (χ0n) is 20.1. The van der Waals surface area contributed by atoms with Crippen molar-refractivity contribution in [2.24, 2.45) is 0 Å². The summed E-state index contributed by atoms with van der Waals surface area (Å²) in [7, 11) is 0. The molecule has 2 aliphatic heterocycles. The van der Waals surface area contributed by atoms with Gasteiger partial charge in [0.1, 0.15) is 23.7 Å². The molecule has 3 aromatic rings. The second kappa shape index (κ2) is 10.9. The first-order chi connectivity index (χ1) is 17.2. The third-order valence-electron chi connectivity index (χ3n) is 6.55. The number of nitrogens with zero attached hydrogens (tertiary/aromatic N) is 4. The molecule has 0 unspecified atom stereocenters. The number of ether oxygens (including phenoxy) is 3. The Hall–Kier alpha value is -3.47. The molecule has 0 atom stereocenters. The summed E-state index contributed by atoms with van der Waals surface area (Å²) in [4.78, 5) is 11.7. The maximum atomic E-state index is 9.73. The first kappa shape index (κ1) is 23.3. The van der Waals surface area contributed by atoms with E-state index in [0.29, 0.717) is 30.9 Å².